The Kier molecular flexibility index (Phi) is 4.28. The zero-order valence-electron chi connectivity index (χ0n) is 10.3. The van der Waals surface area contributed by atoms with Gasteiger partial charge < -0.3 is 10.4 Å². The van der Waals surface area contributed by atoms with Crippen LogP contribution in [0, 0.1) is 5.82 Å². The van der Waals surface area contributed by atoms with E-state index in [1.54, 1.807) is 0 Å². The quantitative estimate of drug-likeness (QED) is 0.858. The Morgan fingerprint density at radius 3 is 2.50 bits per heavy atom. The summed E-state index contributed by atoms with van der Waals surface area (Å²) in [5.41, 5.74) is -0.758. The normalized spacial score (nSPS) is 17.1. The standard InChI is InChI=1S/C11H12ClFN2O4S/c12-7-5-8(11(16)17)10(13)9(6-7)20(18,19)15-3-1-14-2-4-15/h5-6,14H,1-4H2,(H,16,17). The van der Waals surface area contributed by atoms with E-state index >= 15 is 0 Å². The second kappa shape index (κ2) is 5.65. The second-order valence-electron chi connectivity index (χ2n) is 4.22. The zero-order chi connectivity index (χ0) is 14.9. The molecule has 1 aromatic carbocycles. The van der Waals surface area contributed by atoms with Crippen molar-refractivity contribution in [3.05, 3.63) is 28.5 Å². The highest BCUT2D eigenvalue weighted by atomic mass is 35.5. The number of nitrogens with zero attached hydrogens (tertiary/aromatic N) is 1. The van der Waals surface area contributed by atoms with Crippen LogP contribution in [-0.4, -0.2) is 50.0 Å². The summed E-state index contributed by atoms with van der Waals surface area (Å²) in [4.78, 5) is 10.2. The molecule has 20 heavy (non-hydrogen) atoms. The molecule has 2 N–H and O–H groups in total. The molecule has 0 unspecified atom stereocenters. The maximum absolute atomic E-state index is 14.1. The summed E-state index contributed by atoms with van der Waals surface area (Å²) < 4.78 is 39.9. The summed E-state index contributed by atoms with van der Waals surface area (Å²) >= 11 is 5.69. The number of hydrogen-bond donors (Lipinski definition) is 2. The van der Waals surface area contributed by atoms with Crippen LogP contribution in [0.2, 0.25) is 5.02 Å². The molecule has 0 saturated carbocycles. The second-order valence-corrected chi connectivity index (χ2v) is 6.57. The Balaban J connectivity index is 2.53. The van der Waals surface area contributed by atoms with Crippen LogP contribution in [0.5, 0.6) is 0 Å². The molecule has 0 radical (unpaired) electrons. The number of aromatic carboxylic acids is 1. The largest absolute Gasteiger partial charge is 0.478 e. The van der Waals surface area contributed by atoms with Gasteiger partial charge in [-0.2, -0.15) is 4.31 Å². The van der Waals surface area contributed by atoms with Crippen molar-refractivity contribution in [3.8, 4) is 0 Å². The first kappa shape index (κ1) is 15.2. The molecule has 1 saturated heterocycles. The van der Waals surface area contributed by atoms with Crippen molar-refractivity contribution < 1.29 is 22.7 Å². The molecule has 0 aliphatic carbocycles. The number of carboxylic acids is 1. The third kappa shape index (κ3) is 2.78. The van der Waals surface area contributed by atoms with Crippen LogP contribution in [-0.2, 0) is 10.0 Å². The number of sulfonamides is 1. The highest BCUT2D eigenvalue weighted by Crippen LogP contribution is 2.26. The predicted molar refractivity (Wildman–Crippen MR) is 70.0 cm³/mol. The van der Waals surface area contributed by atoms with Crippen molar-refractivity contribution in [3.63, 3.8) is 0 Å². The van der Waals surface area contributed by atoms with Gasteiger partial charge in [-0.05, 0) is 12.1 Å². The number of benzene rings is 1. The summed E-state index contributed by atoms with van der Waals surface area (Å²) in [5.74, 6) is -2.86. The summed E-state index contributed by atoms with van der Waals surface area (Å²) in [6, 6.07) is 1.82. The molecule has 0 amide bonds. The molecule has 9 heteroatoms. The van der Waals surface area contributed by atoms with Crippen molar-refractivity contribution in [2.75, 3.05) is 26.2 Å². The van der Waals surface area contributed by atoms with Crippen LogP contribution >= 0.6 is 11.6 Å². The van der Waals surface area contributed by atoms with Gasteiger partial charge in [0.25, 0.3) is 0 Å². The summed E-state index contributed by atoms with van der Waals surface area (Å²) in [5, 5.41) is 11.7. The van der Waals surface area contributed by atoms with Gasteiger partial charge in [0.05, 0.1) is 5.56 Å². The summed E-state index contributed by atoms with van der Waals surface area (Å²) in [6.45, 7) is 1.29. The van der Waals surface area contributed by atoms with Crippen molar-refractivity contribution >= 4 is 27.6 Å². The smallest absolute Gasteiger partial charge is 0.338 e. The van der Waals surface area contributed by atoms with Crippen LogP contribution in [0.1, 0.15) is 10.4 Å². The number of carboxylic acid groups (broad SMARTS) is 1. The maximum Gasteiger partial charge on any atom is 0.338 e. The lowest BCUT2D eigenvalue weighted by Crippen LogP contribution is -2.46. The molecule has 2 rings (SSSR count). The minimum absolute atomic E-state index is 0.141. The highest BCUT2D eigenvalue weighted by Gasteiger charge is 2.31. The molecule has 1 aliphatic heterocycles. The van der Waals surface area contributed by atoms with E-state index in [4.69, 9.17) is 16.7 Å². The predicted octanol–water partition coefficient (Wildman–Crippen LogP) is 0.771. The van der Waals surface area contributed by atoms with Crippen molar-refractivity contribution in [1.82, 2.24) is 9.62 Å². The van der Waals surface area contributed by atoms with Gasteiger partial charge in [0.2, 0.25) is 10.0 Å². The lowest BCUT2D eigenvalue weighted by atomic mass is 10.2. The average Bonchev–Trinajstić information content (AvgIpc) is 2.41. The van der Waals surface area contributed by atoms with Crippen LogP contribution in [0.4, 0.5) is 4.39 Å². The first-order chi connectivity index (χ1) is 9.34. The number of halogens is 2. The van der Waals surface area contributed by atoms with Crippen LogP contribution in [0.3, 0.4) is 0 Å². The van der Waals surface area contributed by atoms with Crippen molar-refractivity contribution in [2.24, 2.45) is 0 Å². The molecule has 0 atom stereocenters. The number of piperazine rings is 1. The number of hydrogen-bond acceptors (Lipinski definition) is 4. The van der Waals surface area contributed by atoms with Crippen LogP contribution in [0.25, 0.3) is 0 Å². The maximum atomic E-state index is 14.1. The first-order valence-electron chi connectivity index (χ1n) is 5.77. The van der Waals surface area contributed by atoms with E-state index in [2.05, 4.69) is 5.32 Å². The van der Waals surface area contributed by atoms with Crippen LogP contribution < -0.4 is 5.32 Å². The summed E-state index contributed by atoms with van der Waals surface area (Å²) in [7, 11) is -4.10. The van der Waals surface area contributed by atoms with Gasteiger partial charge in [-0.1, -0.05) is 11.6 Å². The molecular formula is C11H12ClFN2O4S. The highest BCUT2D eigenvalue weighted by molar-refractivity contribution is 7.89. The minimum atomic E-state index is -4.10. The van der Waals surface area contributed by atoms with Gasteiger partial charge >= 0.3 is 5.97 Å². The molecular weight excluding hydrogens is 311 g/mol. The number of carbonyl (C=O) groups is 1. The molecule has 1 fully saturated rings. The Bertz CT molecular complexity index is 644. The van der Waals surface area contributed by atoms with Gasteiger partial charge in [0.1, 0.15) is 4.90 Å². The number of nitrogens with one attached hydrogen (secondary N) is 1. The first-order valence-corrected chi connectivity index (χ1v) is 7.59. The third-order valence-corrected chi connectivity index (χ3v) is 5.04. The molecule has 110 valence electrons. The minimum Gasteiger partial charge on any atom is -0.478 e. The van der Waals surface area contributed by atoms with Gasteiger partial charge in [-0.25, -0.2) is 17.6 Å². The topological polar surface area (TPSA) is 86.7 Å². The molecule has 0 spiro atoms. The SMILES string of the molecule is O=C(O)c1cc(Cl)cc(S(=O)(=O)N2CCNCC2)c1F. The molecule has 1 aromatic rings. The van der Waals surface area contributed by atoms with E-state index in [1.807, 2.05) is 0 Å². The van der Waals surface area contributed by atoms with Crippen molar-refractivity contribution in [1.29, 1.82) is 0 Å². The molecule has 1 heterocycles. The molecule has 1 aliphatic rings. The van der Waals surface area contributed by atoms with Gasteiger partial charge in [0, 0.05) is 31.2 Å². The van der Waals surface area contributed by atoms with E-state index in [9.17, 15) is 17.6 Å². The Hall–Kier alpha value is -1.22. The zero-order valence-corrected chi connectivity index (χ0v) is 11.8. The van der Waals surface area contributed by atoms with E-state index in [-0.39, 0.29) is 18.1 Å². The lowest BCUT2D eigenvalue weighted by molar-refractivity contribution is 0.0691. The Morgan fingerprint density at radius 2 is 1.95 bits per heavy atom. The van der Waals surface area contributed by atoms with E-state index in [0.29, 0.717) is 13.1 Å². The Labute approximate surface area is 120 Å². The van der Waals surface area contributed by atoms with E-state index < -0.39 is 32.3 Å². The fourth-order valence-electron chi connectivity index (χ4n) is 1.93. The van der Waals surface area contributed by atoms with Crippen LogP contribution in [0.15, 0.2) is 17.0 Å². The lowest BCUT2D eigenvalue weighted by Gasteiger charge is -2.26. The molecule has 0 aromatic heterocycles. The fraction of sp³-hybridized carbons (Fsp3) is 0.364. The molecule has 6 nitrogen and oxygen atoms in total. The third-order valence-electron chi connectivity index (χ3n) is 2.93. The van der Waals surface area contributed by atoms with Gasteiger partial charge in [-0.15, -0.1) is 0 Å². The monoisotopic (exact) mass is 322 g/mol. The van der Waals surface area contributed by atoms with E-state index in [1.165, 1.54) is 0 Å². The van der Waals surface area contributed by atoms with Gasteiger partial charge in [-0.3, -0.25) is 0 Å². The summed E-state index contributed by atoms with van der Waals surface area (Å²) in [6.07, 6.45) is 0. The van der Waals surface area contributed by atoms with Crippen molar-refractivity contribution in [2.45, 2.75) is 4.90 Å². The van der Waals surface area contributed by atoms with Gasteiger partial charge in [0.15, 0.2) is 5.82 Å². The van der Waals surface area contributed by atoms with E-state index in [0.717, 1.165) is 16.4 Å². The average molecular weight is 323 g/mol. The fourth-order valence-corrected chi connectivity index (χ4v) is 3.77. The Morgan fingerprint density at radius 1 is 1.35 bits per heavy atom. The molecule has 0 bridgehead atoms. The number of rotatable bonds is 3.